The molecule has 0 radical (unpaired) electrons. The van der Waals surface area contributed by atoms with Crippen LogP contribution in [-0.2, 0) is 0 Å². The molecule has 0 atom stereocenters. The lowest BCUT2D eigenvalue weighted by Crippen LogP contribution is -2.21. The molecule has 0 aliphatic rings. The van der Waals surface area contributed by atoms with Crippen LogP contribution in [0, 0.1) is 0 Å². The number of nitrogens with one attached hydrogen (secondary N) is 1. The van der Waals surface area contributed by atoms with Crippen LogP contribution in [0.1, 0.15) is 13.8 Å². The number of hydrogen-bond donors (Lipinski definition) is 1. The minimum absolute atomic E-state index is 0.0350. The second-order valence-electron chi connectivity index (χ2n) is 3.87. The Balaban J connectivity index is 2.64. The second-order valence-corrected chi connectivity index (χ2v) is 4.72. The summed E-state index contributed by atoms with van der Waals surface area (Å²) in [7, 11) is 0. The highest BCUT2D eigenvalue weighted by Crippen LogP contribution is 2.19. The molecule has 17 heavy (non-hydrogen) atoms. The molecular formula is C13H15BrN2O. The van der Waals surface area contributed by atoms with E-state index in [1.807, 2.05) is 18.2 Å². The Morgan fingerprint density at radius 3 is 2.65 bits per heavy atom. The second kappa shape index (κ2) is 4.92. The predicted molar refractivity (Wildman–Crippen MR) is 75.8 cm³/mol. The zero-order valence-corrected chi connectivity index (χ0v) is 11.5. The summed E-state index contributed by atoms with van der Waals surface area (Å²) in [6, 6.07) is 5.95. The monoisotopic (exact) mass is 294 g/mol. The molecule has 1 heterocycles. The summed E-state index contributed by atoms with van der Waals surface area (Å²) in [5.41, 5.74) is 1.99. The Kier molecular flexibility index (Phi) is 3.52. The molecule has 2 rings (SSSR count). The number of H-pyrrole nitrogens is 1. The van der Waals surface area contributed by atoms with E-state index in [1.165, 1.54) is 0 Å². The van der Waals surface area contributed by atoms with Gasteiger partial charge in [0, 0.05) is 35.9 Å². The average Bonchev–Trinajstić information content (AvgIpc) is 2.36. The number of aromatic amines is 1. The molecule has 1 aromatic carbocycles. The molecule has 0 saturated carbocycles. The third-order valence-corrected chi connectivity index (χ3v) is 3.54. The highest BCUT2D eigenvalue weighted by atomic mass is 79.9. The fourth-order valence-corrected chi connectivity index (χ4v) is 2.29. The topological polar surface area (TPSA) is 36.1 Å². The van der Waals surface area contributed by atoms with Crippen LogP contribution >= 0.6 is 15.9 Å². The number of hydrogen-bond acceptors (Lipinski definition) is 2. The van der Waals surface area contributed by atoms with Crippen molar-refractivity contribution in [2.75, 3.05) is 18.0 Å². The molecule has 90 valence electrons. The minimum atomic E-state index is 0.0350. The van der Waals surface area contributed by atoms with Gasteiger partial charge in [0.2, 0.25) is 5.43 Å². The van der Waals surface area contributed by atoms with Gasteiger partial charge in [-0.15, -0.1) is 0 Å². The van der Waals surface area contributed by atoms with Gasteiger partial charge in [0.25, 0.3) is 0 Å². The minimum Gasteiger partial charge on any atom is -0.372 e. The van der Waals surface area contributed by atoms with Crippen molar-refractivity contribution < 1.29 is 0 Å². The Morgan fingerprint density at radius 1 is 1.29 bits per heavy atom. The van der Waals surface area contributed by atoms with Crippen LogP contribution in [0.3, 0.4) is 0 Å². The van der Waals surface area contributed by atoms with Crippen molar-refractivity contribution in [3.05, 3.63) is 39.1 Å². The van der Waals surface area contributed by atoms with Crippen molar-refractivity contribution in [3.63, 3.8) is 0 Å². The third-order valence-electron chi connectivity index (χ3n) is 2.95. The van der Waals surface area contributed by atoms with E-state index in [0.717, 1.165) is 29.7 Å². The van der Waals surface area contributed by atoms with E-state index in [1.54, 1.807) is 6.20 Å². The summed E-state index contributed by atoms with van der Waals surface area (Å²) in [4.78, 5) is 17.3. The van der Waals surface area contributed by atoms with Crippen LogP contribution in [0.15, 0.2) is 33.7 Å². The predicted octanol–water partition coefficient (Wildman–Crippen LogP) is 3.14. The summed E-state index contributed by atoms with van der Waals surface area (Å²) < 4.78 is 0.571. The van der Waals surface area contributed by atoms with Crippen LogP contribution in [0.5, 0.6) is 0 Å². The molecular weight excluding hydrogens is 280 g/mol. The lowest BCUT2D eigenvalue weighted by atomic mass is 10.2. The van der Waals surface area contributed by atoms with Crippen molar-refractivity contribution in [2.45, 2.75) is 13.8 Å². The van der Waals surface area contributed by atoms with Crippen LogP contribution in [0.25, 0.3) is 10.9 Å². The number of pyridine rings is 1. The Hall–Kier alpha value is -1.29. The smallest absolute Gasteiger partial charge is 0.203 e. The summed E-state index contributed by atoms with van der Waals surface area (Å²) in [5.74, 6) is 0. The molecule has 0 unspecified atom stereocenters. The van der Waals surface area contributed by atoms with Gasteiger partial charge in [-0.2, -0.15) is 0 Å². The highest BCUT2D eigenvalue weighted by molar-refractivity contribution is 9.10. The number of halogens is 1. The Labute approximate surface area is 109 Å². The van der Waals surface area contributed by atoms with Gasteiger partial charge in [0.1, 0.15) is 0 Å². The van der Waals surface area contributed by atoms with Crippen LogP contribution < -0.4 is 10.3 Å². The summed E-state index contributed by atoms with van der Waals surface area (Å²) >= 11 is 3.25. The molecule has 2 aromatic rings. The molecule has 3 nitrogen and oxygen atoms in total. The maximum atomic E-state index is 12.0. The first-order chi connectivity index (χ1) is 8.17. The lowest BCUT2D eigenvalue weighted by molar-refractivity contribution is 0.867. The summed E-state index contributed by atoms with van der Waals surface area (Å²) in [5, 5.41) is 0.726. The van der Waals surface area contributed by atoms with E-state index in [4.69, 9.17) is 0 Å². The molecule has 0 fully saturated rings. The van der Waals surface area contributed by atoms with Gasteiger partial charge in [0.05, 0.1) is 4.47 Å². The van der Waals surface area contributed by atoms with Crippen molar-refractivity contribution in [1.82, 2.24) is 4.98 Å². The zero-order valence-electron chi connectivity index (χ0n) is 9.96. The van der Waals surface area contributed by atoms with E-state index >= 15 is 0 Å². The first-order valence-corrected chi connectivity index (χ1v) is 6.52. The van der Waals surface area contributed by atoms with Crippen LogP contribution in [-0.4, -0.2) is 18.1 Å². The van der Waals surface area contributed by atoms with E-state index in [2.05, 4.69) is 39.7 Å². The molecule has 0 spiro atoms. The fourth-order valence-electron chi connectivity index (χ4n) is 1.97. The van der Waals surface area contributed by atoms with Crippen molar-refractivity contribution in [3.8, 4) is 0 Å². The molecule has 0 amide bonds. The average molecular weight is 295 g/mol. The molecule has 0 aliphatic carbocycles. The maximum absolute atomic E-state index is 12.0. The van der Waals surface area contributed by atoms with Crippen molar-refractivity contribution >= 4 is 32.5 Å². The first kappa shape index (κ1) is 12.2. The van der Waals surface area contributed by atoms with E-state index in [0.29, 0.717) is 4.47 Å². The van der Waals surface area contributed by atoms with Crippen LogP contribution in [0.4, 0.5) is 5.69 Å². The highest BCUT2D eigenvalue weighted by Gasteiger charge is 2.06. The van der Waals surface area contributed by atoms with E-state index in [-0.39, 0.29) is 5.43 Å². The standard InChI is InChI=1S/C13H15BrN2O/c1-3-16(4-2)9-5-6-12-10(7-9)13(17)11(14)8-15-12/h5-8H,3-4H2,1-2H3,(H,15,17). The maximum Gasteiger partial charge on any atom is 0.203 e. The van der Waals surface area contributed by atoms with Gasteiger partial charge in [-0.25, -0.2) is 0 Å². The normalized spacial score (nSPS) is 10.8. The first-order valence-electron chi connectivity index (χ1n) is 5.73. The fraction of sp³-hybridized carbons (Fsp3) is 0.308. The number of rotatable bonds is 3. The molecule has 4 heteroatoms. The van der Waals surface area contributed by atoms with E-state index < -0.39 is 0 Å². The van der Waals surface area contributed by atoms with Gasteiger partial charge in [-0.1, -0.05) is 0 Å². The van der Waals surface area contributed by atoms with E-state index in [9.17, 15) is 4.79 Å². The molecule has 1 N–H and O–H groups in total. The molecule has 0 bridgehead atoms. The SMILES string of the molecule is CCN(CC)c1ccc2[nH]cc(Br)c(=O)c2c1. The quantitative estimate of drug-likeness (QED) is 0.944. The summed E-state index contributed by atoms with van der Waals surface area (Å²) in [6.45, 7) is 6.10. The van der Waals surface area contributed by atoms with Gasteiger partial charge in [-0.05, 0) is 48.0 Å². The third kappa shape index (κ3) is 2.22. The lowest BCUT2D eigenvalue weighted by Gasteiger charge is -2.21. The largest absolute Gasteiger partial charge is 0.372 e. The van der Waals surface area contributed by atoms with Crippen LogP contribution in [0.2, 0.25) is 0 Å². The van der Waals surface area contributed by atoms with Crippen molar-refractivity contribution in [1.29, 1.82) is 0 Å². The number of anilines is 1. The molecule has 0 saturated heterocycles. The van der Waals surface area contributed by atoms with Crippen molar-refractivity contribution in [2.24, 2.45) is 0 Å². The Morgan fingerprint density at radius 2 is 2.00 bits per heavy atom. The molecule has 1 aromatic heterocycles. The molecule has 0 aliphatic heterocycles. The number of nitrogens with zero attached hydrogens (tertiary/aromatic N) is 1. The Bertz CT molecular complexity index is 587. The number of benzene rings is 1. The van der Waals surface area contributed by atoms with Gasteiger partial charge in [0.15, 0.2) is 0 Å². The number of aromatic nitrogens is 1. The number of fused-ring (bicyclic) bond motifs is 1. The zero-order chi connectivity index (χ0) is 12.4. The van der Waals surface area contributed by atoms with Gasteiger partial charge in [-0.3, -0.25) is 4.79 Å². The summed E-state index contributed by atoms with van der Waals surface area (Å²) in [6.07, 6.45) is 1.68. The van der Waals surface area contributed by atoms with Gasteiger partial charge < -0.3 is 9.88 Å². The van der Waals surface area contributed by atoms with Gasteiger partial charge >= 0.3 is 0 Å².